The van der Waals surface area contributed by atoms with Crippen molar-refractivity contribution in [1.29, 1.82) is 0 Å². The van der Waals surface area contributed by atoms with Crippen molar-refractivity contribution in [3.8, 4) is 0 Å². The third kappa shape index (κ3) is 1.93. The molecule has 7 heteroatoms. The number of likely N-dealkylation sites (tertiary alicyclic amines) is 1. The monoisotopic (exact) mass is 383 g/mol. The number of anilines is 1. The highest BCUT2D eigenvalue weighted by Gasteiger charge is 2.74. The molecule has 3 fully saturated rings. The summed E-state index contributed by atoms with van der Waals surface area (Å²) in [5, 5.41) is 3.06. The Bertz CT molecular complexity index is 913. The highest BCUT2D eigenvalue weighted by atomic mass is 16.5. The molecule has 3 amide bonds. The van der Waals surface area contributed by atoms with Crippen LogP contribution >= 0.6 is 0 Å². The maximum atomic E-state index is 13.5. The summed E-state index contributed by atoms with van der Waals surface area (Å²) in [7, 11) is 1.55. The summed E-state index contributed by atoms with van der Waals surface area (Å²) >= 11 is 0. The van der Waals surface area contributed by atoms with E-state index in [0.717, 1.165) is 41.8 Å². The molecule has 0 radical (unpaired) electrons. The summed E-state index contributed by atoms with van der Waals surface area (Å²) in [6.07, 6.45) is 1.77. The zero-order chi connectivity index (χ0) is 19.8. The molecule has 7 nitrogen and oxygen atoms in total. The van der Waals surface area contributed by atoms with Crippen LogP contribution in [0, 0.1) is 25.7 Å². The van der Waals surface area contributed by atoms with Crippen molar-refractivity contribution in [2.75, 3.05) is 32.1 Å². The van der Waals surface area contributed by atoms with Crippen molar-refractivity contribution in [2.24, 2.45) is 11.8 Å². The zero-order valence-electron chi connectivity index (χ0n) is 16.4. The van der Waals surface area contributed by atoms with E-state index in [1.54, 1.807) is 7.11 Å². The van der Waals surface area contributed by atoms with E-state index in [-0.39, 0.29) is 30.3 Å². The molecule has 1 aromatic carbocycles. The highest BCUT2D eigenvalue weighted by Crippen LogP contribution is 2.60. The van der Waals surface area contributed by atoms with Gasteiger partial charge in [0.1, 0.15) is 5.54 Å². The van der Waals surface area contributed by atoms with Crippen LogP contribution in [-0.2, 0) is 24.7 Å². The molecule has 4 aliphatic rings. The van der Waals surface area contributed by atoms with Gasteiger partial charge in [-0.1, -0.05) is 17.7 Å². The Morgan fingerprint density at radius 1 is 1.21 bits per heavy atom. The molecule has 148 valence electrons. The summed E-state index contributed by atoms with van der Waals surface area (Å²) in [4.78, 5) is 43.7. The van der Waals surface area contributed by atoms with E-state index in [1.807, 2.05) is 26.0 Å². The fourth-order valence-electron chi connectivity index (χ4n) is 6.12. The minimum absolute atomic E-state index is 0.0634. The molecule has 4 aliphatic heterocycles. The number of ether oxygens (including phenoxy) is 1. The third-order valence-corrected chi connectivity index (χ3v) is 7.05. The molecule has 4 atom stereocenters. The number of nitrogens with zero attached hydrogens (tertiary/aromatic N) is 2. The molecule has 4 heterocycles. The number of fused-ring (bicyclic) bond motifs is 7. The highest BCUT2D eigenvalue weighted by molar-refractivity contribution is 6.15. The Hall–Kier alpha value is -2.25. The Balaban J connectivity index is 1.71. The van der Waals surface area contributed by atoms with Gasteiger partial charge in [0.2, 0.25) is 17.7 Å². The van der Waals surface area contributed by atoms with Crippen molar-refractivity contribution in [3.63, 3.8) is 0 Å². The SMILES string of the molecule is COCCN1C(=O)C2C3CCCN3C3(C(=O)Nc4c(C)cc(C)cc43)C2C1=O. The summed E-state index contributed by atoms with van der Waals surface area (Å²) < 4.78 is 5.10. The third-order valence-electron chi connectivity index (χ3n) is 7.05. The average Bonchev–Trinajstić information content (AvgIpc) is 3.34. The lowest BCUT2D eigenvalue weighted by molar-refractivity contribution is -0.146. The number of methoxy groups -OCH3 is 1. The van der Waals surface area contributed by atoms with E-state index in [9.17, 15) is 14.4 Å². The number of aryl methyl sites for hydroxylation is 2. The summed E-state index contributed by atoms with van der Waals surface area (Å²) in [5.41, 5.74) is 2.64. The molecule has 1 aromatic rings. The van der Waals surface area contributed by atoms with Crippen LogP contribution in [-0.4, -0.2) is 60.4 Å². The second kappa shape index (κ2) is 5.87. The molecule has 5 rings (SSSR count). The molecule has 4 unspecified atom stereocenters. The molecule has 0 saturated carbocycles. The summed E-state index contributed by atoms with van der Waals surface area (Å²) in [5.74, 6) is -1.66. The second-order valence-corrected chi connectivity index (χ2v) is 8.45. The molecule has 1 N–H and O–H groups in total. The molecule has 0 aliphatic carbocycles. The average molecular weight is 383 g/mol. The van der Waals surface area contributed by atoms with E-state index in [0.29, 0.717) is 6.61 Å². The maximum absolute atomic E-state index is 13.5. The van der Waals surface area contributed by atoms with Gasteiger partial charge in [-0.25, -0.2) is 0 Å². The Kier molecular flexibility index (Phi) is 3.74. The van der Waals surface area contributed by atoms with Gasteiger partial charge in [0.05, 0.1) is 25.0 Å². The zero-order valence-corrected chi connectivity index (χ0v) is 16.4. The van der Waals surface area contributed by atoms with Gasteiger partial charge in [0, 0.05) is 24.4 Å². The first-order valence-corrected chi connectivity index (χ1v) is 9.97. The standard InChI is InChI=1S/C21H25N3O4/c1-11-9-12(2)17-13(10-11)21(20(27)22-17)16-15(14-5-4-6-24(14)21)18(25)23(19(16)26)7-8-28-3/h9-10,14-16H,4-8H2,1-3H3,(H,22,27). The van der Waals surface area contributed by atoms with Crippen molar-refractivity contribution in [3.05, 3.63) is 28.8 Å². The molecule has 1 spiro atoms. The van der Waals surface area contributed by atoms with E-state index in [1.165, 1.54) is 4.90 Å². The quantitative estimate of drug-likeness (QED) is 0.793. The van der Waals surface area contributed by atoms with Gasteiger partial charge in [-0.2, -0.15) is 0 Å². The number of nitrogens with one attached hydrogen (secondary N) is 1. The van der Waals surface area contributed by atoms with Crippen LogP contribution in [0.5, 0.6) is 0 Å². The first kappa shape index (κ1) is 17.8. The van der Waals surface area contributed by atoms with Gasteiger partial charge in [-0.15, -0.1) is 0 Å². The van der Waals surface area contributed by atoms with Crippen LogP contribution in [0.3, 0.4) is 0 Å². The second-order valence-electron chi connectivity index (χ2n) is 8.45. The minimum atomic E-state index is -1.08. The van der Waals surface area contributed by atoms with Gasteiger partial charge in [-0.3, -0.25) is 24.2 Å². The molecule has 0 bridgehead atoms. The van der Waals surface area contributed by atoms with Crippen molar-refractivity contribution in [2.45, 2.75) is 38.3 Å². The lowest BCUT2D eigenvalue weighted by Gasteiger charge is -2.36. The Morgan fingerprint density at radius 3 is 2.75 bits per heavy atom. The fourth-order valence-corrected chi connectivity index (χ4v) is 6.12. The van der Waals surface area contributed by atoms with Crippen LogP contribution in [0.2, 0.25) is 0 Å². The molecule has 3 saturated heterocycles. The largest absolute Gasteiger partial charge is 0.383 e. The van der Waals surface area contributed by atoms with Gasteiger partial charge in [-0.05, 0) is 38.8 Å². The molecular weight excluding hydrogens is 358 g/mol. The Labute approximate surface area is 164 Å². The molecular formula is C21H25N3O4. The fraction of sp³-hybridized carbons (Fsp3) is 0.571. The van der Waals surface area contributed by atoms with Crippen LogP contribution in [0.4, 0.5) is 5.69 Å². The number of hydrogen-bond acceptors (Lipinski definition) is 5. The smallest absolute Gasteiger partial charge is 0.250 e. The van der Waals surface area contributed by atoms with Crippen molar-refractivity contribution < 1.29 is 19.1 Å². The number of imide groups is 1. The first-order chi connectivity index (χ1) is 13.4. The van der Waals surface area contributed by atoms with Crippen LogP contribution in [0.25, 0.3) is 0 Å². The van der Waals surface area contributed by atoms with E-state index in [4.69, 9.17) is 4.74 Å². The maximum Gasteiger partial charge on any atom is 0.250 e. The molecule has 28 heavy (non-hydrogen) atoms. The summed E-state index contributed by atoms with van der Waals surface area (Å²) in [6.45, 7) is 5.26. The number of hydrogen-bond donors (Lipinski definition) is 1. The predicted octanol–water partition coefficient (Wildman–Crippen LogP) is 1.18. The van der Waals surface area contributed by atoms with Gasteiger partial charge < -0.3 is 10.1 Å². The van der Waals surface area contributed by atoms with Gasteiger partial charge >= 0.3 is 0 Å². The number of carbonyl (C=O) groups is 3. The van der Waals surface area contributed by atoms with Crippen LogP contribution in [0.1, 0.15) is 29.5 Å². The topological polar surface area (TPSA) is 79.0 Å². The van der Waals surface area contributed by atoms with Crippen molar-refractivity contribution >= 4 is 23.4 Å². The normalized spacial score (nSPS) is 33.6. The lowest BCUT2D eigenvalue weighted by atomic mass is 9.75. The van der Waals surface area contributed by atoms with E-state index >= 15 is 0 Å². The first-order valence-electron chi connectivity index (χ1n) is 9.97. The number of rotatable bonds is 3. The lowest BCUT2D eigenvalue weighted by Crippen LogP contribution is -2.54. The van der Waals surface area contributed by atoms with E-state index in [2.05, 4.69) is 10.2 Å². The number of benzene rings is 1. The summed E-state index contributed by atoms with van der Waals surface area (Å²) in [6, 6.07) is 4.00. The predicted molar refractivity (Wildman–Crippen MR) is 102 cm³/mol. The van der Waals surface area contributed by atoms with Gasteiger partial charge in [0.15, 0.2) is 0 Å². The van der Waals surface area contributed by atoms with Crippen LogP contribution < -0.4 is 5.32 Å². The van der Waals surface area contributed by atoms with E-state index < -0.39 is 17.4 Å². The van der Waals surface area contributed by atoms with Crippen LogP contribution in [0.15, 0.2) is 12.1 Å². The molecule has 0 aromatic heterocycles. The van der Waals surface area contributed by atoms with Gasteiger partial charge in [0.25, 0.3) is 0 Å². The van der Waals surface area contributed by atoms with Crippen molar-refractivity contribution in [1.82, 2.24) is 9.80 Å². The number of amides is 3. The Morgan fingerprint density at radius 2 is 2.00 bits per heavy atom. The number of carbonyl (C=O) groups excluding carboxylic acids is 3. The minimum Gasteiger partial charge on any atom is -0.383 e.